The molecular weight excluding hydrogens is 178 g/mol. The Balaban J connectivity index is 3.17. The molecule has 2 heteroatoms. The average Bonchev–Trinajstić information content (AvgIpc) is 2.18. The highest BCUT2D eigenvalue weighted by atomic mass is 32.2. The van der Waals surface area contributed by atoms with Gasteiger partial charge in [0.15, 0.2) is 0 Å². The highest BCUT2D eigenvalue weighted by molar-refractivity contribution is 7.97. The summed E-state index contributed by atoms with van der Waals surface area (Å²) in [6.45, 7) is 5.75. The molecular formula is C11H13NS. The van der Waals surface area contributed by atoms with E-state index in [9.17, 15) is 0 Å². The van der Waals surface area contributed by atoms with Gasteiger partial charge >= 0.3 is 0 Å². The van der Waals surface area contributed by atoms with Gasteiger partial charge in [-0.15, -0.1) is 0 Å². The van der Waals surface area contributed by atoms with Crippen LogP contribution in [0.1, 0.15) is 18.1 Å². The van der Waals surface area contributed by atoms with Crippen LogP contribution in [0.4, 0.5) is 0 Å². The number of hydrogen-bond donors (Lipinski definition) is 1. The normalized spacial score (nSPS) is 10.6. The van der Waals surface area contributed by atoms with Crippen LogP contribution in [0.25, 0.3) is 12.2 Å². The van der Waals surface area contributed by atoms with Crippen molar-refractivity contribution in [3.05, 3.63) is 42.0 Å². The van der Waals surface area contributed by atoms with Gasteiger partial charge < -0.3 is 0 Å². The van der Waals surface area contributed by atoms with Crippen molar-refractivity contribution in [3.8, 4) is 0 Å². The Morgan fingerprint density at radius 1 is 1.38 bits per heavy atom. The Bertz CT molecular complexity index is 329. The molecule has 0 radical (unpaired) electrons. The van der Waals surface area contributed by atoms with Crippen molar-refractivity contribution in [1.82, 2.24) is 0 Å². The Labute approximate surface area is 83.5 Å². The van der Waals surface area contributed by atoms with E-state index in [-0.39, 0.29) is 0 Å². The summed E-state index contributed by atoms with van der Waals surface area (Å²) < 4.78 is 0. The molecule has 0 saturated carbocycles. The molecule has 1 rings (SSSR count). The summed E-state index contributed by atoms with van der Waals surface area (Å²) >= 11 is 1.26. The molecule has 0 unspecified atom stereocenters. The second-order valence-electron chi connectivity index (χ2n) is 2.61. The molecule has 0 spiro atoms. The lowest BCUT2D eigenvalue weighted by Gasteiger charge is -2.02. The quantitative estimate of drug-likeness (QED) is 0.742. The lowest BCUT2D eigenvalue weighted by atomic mass is 10.1. The van der Waals surface area contributed by atoms with Gasteiger partial charge in [0.2, 0.25) is 0 Å². The Hall–Kier alpha value is -0.990. The van der Waals surface area contributed by atoms with Gasteiger partial charge in [0.1, 0.15) is 0 Å². The maximum atomic E-state index is 5.47. The third kappa shape index (κ3) is 2.47. The zero-order valence-corrected chi connectivity index (χ0v) is 8.47. The van der Waals surface area contributed by atoms with Crippen molar-refractivity contribution in [1.29, 1.82) is 0 Å². The first-order valence-corrected chi connectivity index (χ1v) is 4.95. The fraction of sp³-hybridized carbons (Fsp3) is 0.0909. The van der Waals surface area contributed by atoms with Crippen LogP contribution in [0.3, 0.4) is 0 Å². The lowest BCUT2D eigenvalue weighted by Crippen LogP contribution is -1.84. The topological polar surface area (TPSA) is 26.0 Å². The van der Waals surface area contributed by atoms with E-state index in [0.717, 1.165) is 16.0 Å². The Morgan fingerprint density at radius 2 is 2.15 bits per heavy atom. The van der Waals surface area contributed by atoms with Gasteiger partial charge in [-0.2, -0.15) is 0 Å². The van der Waals surface area contributed by atoms with Crippen molar-refractivity contribution in [2.75, 3.05) is 0 Å². The molecule has 0 saturated heterocycles. The molecule has 0 fully saturated rings. The minimum Gasteiger partial charge on any atom is -0.274 e. The summed E-state index contributed by atoms with van der Waals surface area (Å²) in [6.07, 6.45) is 5.91. The monoisotopic (exact) mass is 191 g/mol. The summed E-state index contributed by atoms with van der Waals surface area (Å²) in [5.41, 5.74) is 2.30. The number of hydrogen-bond acceptors (Lipinski definition) is 2. The third-order valence-corrected chi connectivity index (χ3v) is 2.29. The SMILES string of the molecule is C=Cc1ccc(SN)cc1/C=C\C. The summed E-state index contributed by atoms with van der Waals surface area (Å²) in [5.74, 6) is 0. The fourth-order valence-corrected chi connectivity index (χ4v) is 1.48. The molecule has 0 bridgehead atoms. The number of benzene rings is 1. The number of nitrogens with two attached hydrogens (primary N) is 1. The first-order chi connectivity index (χ1) is 6.31. The molecule has 0 aliphatic carbocycles. The van der Waals surface area contributed by atoms with E-state index in [0.29, 0.717) is 0 Å². The Kier molecular flexibility index (Phi) is 3.80. The smallest absolute Gasteiger partial charge is 0.0232 e. The average molecular weight is 191 g/mol. The molecule has 0 atom stereocenters. The molecule has 1 aromatic carbocycles. The van der Waals surface area contributed by atoms with Gasteiger partial charge in [0.05, 0.1) is 0 Å². The zero-order chi connectivity index (χ0) is 9.68. The van der Waals surface area contributed by atoms with Crippen LogP contribution in [-0.2, 0) is 0 Å². The van der Waals surface area contributed by atoms with E-state index in [1.165, 1.54) is 11.9 Å². The number of rotatable bonds is 3. The largest absolute Gasteiger partial charge is 0.274 e. The molecule has 0 heterocycles. The van der Waals surface area contributed by atoms with Crippen molar-refractivity contribution in [2.24, 2.45) is 5.14 Å². The van der Waals surface area contributed by atoms with Crippen LogP contribution in [0, 0.1) is 0 Å². The van der Waals surface area contributed by atoms with E-state index in [2.05, 4.69) is 18.7 Å². The van der Waals surface area contributed by atoms with Crippen molar-refractivity contribution in [2.45, 2.75) is 11.8 Å². The molecule has 1 aromatic rings. The van der Waals surface area contributed by atoms with Crippen molar-refractivity contribution >= 4 is 24.1 Å². The van der Waals surface area contributed by atoms with Crippen LogP contribution < -0.4 is 5.14 Å². The van der Waals surface area contributed by atoms with Gasteiger partial charge in [-0.3, -0.25) is 5.14 Å². The summed E-state index contributed by atoms with van der Waals surface area (Å²) in [5, 5.41) is 5.47. The van der Waals surface area contributed by atoms with Gasteiger partial charge in [-0.1, -0.05) is 30.9 Å². The summed E-state index contributed by atoms with van der Waals surface area (Å²) in [4.78, 5) is 1.07. The van der Waals surface area contributed by atoms with Crippen LogP contribution >= 0.6 is 11.9 Å². The zero-order valence-electron chi connectivity index (χ0n) is 7.66. The Morgan fingerprint density at radius 3 is 2.69 bits per heavy atom. The first-order valence-electron chi connectivity index (χ1n) is 4.07. The van der Waals surface area contributed by atoms with Gasteiger partial charge in [-0.25, -0.2) is 0 Å². The minimum absolute atomic E-state index is 1.07. The predicted molar refractivity (Wildman–Crippen MR) is 61.3 cm³/mol. The van der Waals surface area contributed by atoms with Crippen molar-refractivity contribution < 1.29 is 0 Å². The predicted octanol–water partition coefficient (Wildman–Crippen LogP) is 3.33. The standard InChI is InChI=1S/C11H13NS/c1-3-5-10-8-11(13-12)7-6-9(10)4-2/h3-8H,2,12H2,1H3/b5-3-. The van der Waals surface area contributed by atoms with Crippen LogP contribution in [-0.4, -0.2) is 0 Å². The van der Waals surface area contributed by atoms with Gasteiger partial charge in [0.25, 0.3) is 0 Å². The first kappa shape index (κ1) is 10.1. The fourth-order valence-electron chi connectivity index (χ4n) is 1.14. The molecule has 68 valence electrons. The van der Waals surface area contributed by atoms with E-state index in [1.54, 1.807) is 0 Å². The van der Waals surface area contributed by atoms with E-state index >= 15 is 0 Å². The van der Waals surface area contributed by atoms with Crippen LogP contribution in [0.15, 0.2) is 35.7 Å². The second kappa shape index (κ2) is 4.90. The molecule has 2 N–H and O–H groups in total. The lowest BCUT2D eigenvalue weighted by molar-refractivity contribution is 1.42. The molecule has 0 aromatic heterocycles. The highest BCUT2D eigenvalue weighted by Crippen LogP contribution is 2.19. The van der Waals surface area contributed by atoms with Crippen LogP contribution in [0.2, 0.25) is 0 Å². The van der Waals surface area contributed by atoms with E-state index in [1.807, 2.05) is 31.2 Å². The van der Waals surface area contributed by atoms with Gasteiger partial charge in [-0.05, 0) is 42.1 Å². The maximum absolute atomic E-state index is 5.47. The summed E-state index contributed by atoms with van der Waals surface area (Å²) in [6, 6.07) is 6.08. The minimum atomic E-state index is 1.07. The highest BCUT2D eigenvalue weighted by Gasteiger charge is 1.97. The third-order valence-electron chi connectivity index (χ3n) is 1.76. The van der Waals surface area contributed by atoms with E-state index in [4.69, 9.17) is 5.14 Å². The van der Waals surface area contributed by atoms with Gasteiger partial charge in [0, 0.05) is 4.90 Å². The molecule has 0 amide bonds. The van der Waals surface area contributed by atoms with Crippen LogP contribution in [0.5, 0.6) is 0 Å². The molecule has 1 nitrogen and oxygen atoms in total. The molecule has 0 aliphatic heterocycles. The second-order valence-corrected chi connectivity index (χ2v) is 3.32. The molecule has 0 aliphatic rings. The summed E-state index contributed by atoms with van der Waals surface area (Å²) in [7, 11) is 0. The number of allylic oxidation sites excluding steroid dienone is 1. The van der Waals surface area contributed by atoms with E-state index < -0.39 is 0 Å². The maximum Gasteiger partial charge on any atom is 0.0232 e. The molecule has 13 heavy (non-hydrogen) atoms. The van der Waals surface area contributed by atoms with Crippen molar-refractivity contribution in [3.63, 3.8) is 0 Å².